The van der Waals surface area contributed by atoms with Gasteiger partial charge in [0.2, 0.25) is 0 Å². The van der Waals surface area contributed by atoms with Crippen molar-refractivity contribution in [1.29, 1.82) is 0 Å². The maximum atomic E-state index is 12.0. The monoisotopic (exact) mass is 271 g/mol. The van der Waals surface area contributed by atoms with E-state index in [0.29, 0.717) is 6.42 Å². The number of hydrogen-bond acceptors (Lipinski definition) is 4. The molecular formula is C12H17NO4S. The number of carboxylic acid groups (broad SMARTS) is 1. The number of nitrogen functional groups attached to an aromatic ring is 1. The quantitative estimate of drug-likeness (QED) is 0.608. The van der Waals surface area contributed by atoms with E-state index in [1.54, 1.807) is 0 Å². The zero-order chi connectivity index (χ0) is 13.8. The maximum Gasteiger partial charge on any atom is 0.337 e. The molecule has 0 saturated heterocycles. The van der Waals surface area contributed by atoms with Gasteiger partial charge in [-0.2, -0.15) is 0 Å². The molecule has 0 unspecified atom stereocenters. The molecule has 0 fully saturated rings. The Kier molecular flexibility index (Phi) is 4.72. The first-order chi connectivity index (χ1) is 8.40. The number of unbranched alkanes of at least 4 members (excludes halogenated alkanes) is 2. The van der Waals surface area contributed by atoms with Crippen LogP contribution in [0.3, 0.4) is 0 Å². The van der Waals surface area contributed by atoms with Gasteiger partial charge in [-0.15, -0.1) is 0 Å². The van der Waals surface area contributed by atoms with Crippen LogP contribution in [0.25, 0.3) is 0 Å². The fourth-order valence-corrected chi connectivity index (χ4v) is 3.19. The fraction of sp³-hybridized carbons (Fsp3) is 0.417. The zero-order valence-electron chi connectivity index (χ0n) is 10.2. The molecule has 1 aromatic carbocycles. The van der Waals surface area contributed by atoms with Gasteiger partial charge >= 0.3 is 5.97 Å². The molecule has 5 nitrogen and oxygen atoms in total. The number of carboxylic acids is 1. The molecule has 0 aromatic heterocycles. The summed E-state index contributed by atoms with van der Waals surface area (Å²) < 4.78 is 24.1. The Bertz CT molecular complexity index is 537. The van der Waals surface area contributed by atoms with Crippen LogP contribution in [0, 0.1) is 0 Å². The maximum absolute atomic E-state index is 12.0. The second kappa shape index (κ2) is 5.86. The second-order valence-electron chi connectivity index (χ2n) is 4.05. The molecule has 0 amide bonds. The molecule has 0 saturated carbocycles. The van der Waals surface area contributed by atoms with Crippen molar-refractivity contribution in [2.45, 2.75) is 31.1 Å². The van der Waals surface area contributed by atoms with Gasteiger partial charge in [0.1, 0.15) is 0 Å². The van der Waals surface area contributed by atoms with Crippen LogP contribution in [0.1, 0.15) is 36.5 Å². The normalized spacial score (nSPS) is 11.4. The molecule has 0 aliphatic rings. The van der Waals surface area contributed by atoms with E-state index in [0.717, 1.165) is 12.8 Å². The van der Waals surface area contributed by atoms with Gasteiger partial charge in [-0.05, 0) is 18.6 Å². The number of sulfone groups is 1. The van der Waals surface area contributed by atoms with E-state index in [1.807, 2.05) is 6.92 Å². The minimum Gasteiger partial charge on any atom is -0.478 e. The third-order valence-electron chi connectivity index (χ3n) is 2.65. The van der Waals surface area contributed by atoms with Crippen LogP contribution in [0.5, 0.6) is 0 Å². The number of aromatic carboxylic acids is 1. The summed E-state index contributed by atoms with van der Waals surface area (Å²) in [5, 5.41) is 8.90. The molecule has 1 aromatic rings. The van der Waals surface area contributed by atoms with E-state index in [4.69, 9.17) is 10.8 Å². The van der Waals surface area contributed by atoms with Gasteiger partial charge in [0.15, 0.2) is 9.84 Å². The van der Waals surface area contributed by atoms with E-state index >= 15 is 0 Å². The summed E-state index contributed by atoms with van der Waals surface area (Å²) in [6, 6.07) is 4.04. The summed E-state index contributed by atoms with van der Waals surface area (Å²) in [6.45, 7) is 1.98. The Morgan fingerprint density at radius 1 is 1.33 bits per heavy atom. The van der Waals surface area contributed by atoms with Crippen LogP contribution >= 0.6 is 0 Å². The highest BCUT2D eigenvalue weighted by molar-refractivity contribution is 7.91. The number of carbonyl (C=O) groups is 1. The predicted octanol–water partition coefficient (Wildman–Crippen LogP) is 1.93. The van der Waals surface area contributed by atoms with Crippen molar-refractivity contribution in [3.63, 3.8) is 0 Å². The Balaban J connectivity index is 3.09. The van der Waals surface area contributed by atoms with E-state index < -0.39 is 15.8 Å². The SMILES string of the molecule is CCCCCS(=O)(=O)c1cccc(C(=O)O)c1N. The van der Waals surface area contributed by atoms with Gasteiger partial charge < -0.3 is 10.8 Å². The van der Waals surface area contributed by atoms with Crippen LogP contribution in [-0.2, 0) is 9.84 Å². The van der Waals surface area contributed by atoms with Gasteiger partial charge in [0.25, 0.3) is 0 Å². The molecule has 3 N–H and O–H groups in total. The molecule has 1 rings (SSSR count). The molecule has 0 aliphatic heterocycles. The molecule has 6 heteroatoms. The highest BCUT2D eigenvalue weighted by Gasteiger charge is 2.20. The lowest BCUT2D eigenvalue weighted by atomic mass is 10.2. The highest BCUT2D eigenvalue weighted by atomic mass is 32.2. The Hall–Kier alpha value is -1.56. The number of para-hydroxylation sites is 1. The molecule has 0 spiro atoms. The second-order valence-corrected chi connectivity index (χ2v) is 6.13. The van der Waals surface area contributed by atoms with Crippen molar-refractivity contribution in [2.75, 3.05) is 11.5 Å². The molecular weight excluding hydrogens is 254 g/mol. The molecule has 0 aliphatic carbocycles. The minimum atomic E-state index is -3.51. The first-order valence-corrected chi connectivity index (χ1v) is 7.40. The van der Waals surface area contributed by atoms with E-state index in [9.17, 15) is 13.2 Å². The topological polar surface area (TPSA) is 97.5 Å². The lowest BCUT2D eigenvalue weighted by Crippen LogP contribution is -2.12. The molecule has 0 heterocycles. The van der Waals surface area contributed by atoms with Gasteiger partial charge in [-0.25, -0.2) is 13.2 Å². The van der Waals surface area contributed by atoms with Crippen molar-refractivity contribution in [1.82, 2.24) is 0 Å². The van der Waals surface area contributed by atoms with Crippen LogP contribution in [0.4, 0.5) is 5.69 Å². The van der Waals surface area contributed by atoms with Crippen LogP contribution in [0.2, 0.25) is 0 Å². The van der Waals surface area contributed by atoms with Crippen LogP contribution in [-0.4, -0.2) is 25.2 Å². The van der Waals surface area contributed by atoms with Crippen LogP contribution in [0.15, 0.2) is 23.1 Å². The summed E-state index contributed by atoms with van der Waals surface area (Å²) in [5.74, 6) is -1.23. The van der Waals surface area contributed by atoms with Crippen molar-refractivity contribution in [3.05, 3.63) is 23.8 Å². The van der Waals surface area contributed by atoms with E-state index in [-0.39, 0.29) is 21.9 Å². The largest absolute Gasteiger partial charge is 0.478 e. The highest BCUT2D eigenvalue weighted by Crippen LogP contribution is 2.24. The van der Waals surface area contributed by atoms with Crippen LogP contribution < -0.4 is 5.73 Å². The third-order valence-corrected chi connectivity index (χ3v) is 4.50. The molecule has 18 heavy (non-hydrogen) atoms. The lowest BCUT2D eigenvalue weighted by Gasteiger charge is -2.09. The fourth-order valence-electron chi connectivity index (χ4n) is 1.65. The smallest absolute Gasteiger partial charge is 0.337 e. The zero-order valence-corrected chi connectivity index (χ0v) is 11.0. The number of rotatable bonds is 6. The van der Waals surface area contributed by atoms with Crippen molar-refractivity contribution in [2.24, 2.45) is 0 Å². The summed E-state index contributed by atoms with van der Waals surface area (Å²) in [5.41, 5.74) is 5.26. The van der Waals surface area contributed by atoms with Gasteiger partial charge in [-0.1, -0.05) is 25.8 Å². The summed E-state index contributed by atoms with van der Waals surface area (Å²) in [4.78, 5) is 10.8. The Morgan fingerprint density at radius 3 is 2.56 bits per heavy atom. The number of hydrogen-bond donors (Lipinski definition) is 2. The third kappa shape index (κ3) is 3.22. The standard InChI is InChI=1S/C12H17NO4S/c1-2-3-4-8-18(16,17)10-7-5-6-9(11(10)13)12(14)15/h5-7H,2-4,8,13H2,1H3,(H,14,15). The Morgan fingerprint density at radius 2 is 2.00 bits per heavy atom. The van der Waals surface area contributed by atoms with E-state index in [2.05, 4.69) is 0 Å². The molecule has 0 atom stereocenters. The molecule has 100 valence electrons. The van der Waals surface area contributed by atoms with Crippen molar-refractivity contribution >= 4 is 21.5 Å². The number of benzene rings is 1. The lowest BCUT2D eigenvalue weighted by molar-refractivity contribution is 0.0698. The minimum absolute atomic E-state index is 0.00584. The van der Waals surface area contributed by atoms with Crippen molar-refractivity contribution in [3.8, 4) is 0 Å². The molecule has 0 radical (unpaired) electrons. The van der Waals surface area contributed by atoms with Crippen molar-refractivity contribution < 1.29 is 18.3 Å². The predicted molar refractivity (Wildman–Crippen MR) is 69.4 cm³/mol. The summed E-state index contributed by atoms with van der Waals surface area (Å²) >= 11 is 0. The Labute approximate surface area is 107 Å². The number of anilines is 1. The summed E-state index contributed by atoms with van der Waals surface area (Å²) in [6.07, 6.45) is 2.29. The summed E-state index contributed by atoms with van der Waals surface area (Å²) in [7, 11) is -3.51. The first kappa shape index (κ1) is 14.5. The number of nitrogens with two attached hydrogens (primary N) is 1. The average molecular weight is 271 g/mol. The first-order valence-electron chi connectivity index (χ1n) is 5.74. The van der Waals surface area contributed by atoms with Gasteiger partial charge in [0.05, 0.1) is 21.9 Å². The average Bonchev–Trinajstić information content (AvgIpc) is 2.28. The van der Waals surface area contributed by atoms with Gasteiger partial charge in [-0.3, -0.25) is 0 Å². The van der Waals surface area contributed by atoms with Gasteiger partial charge in [0, 0.05) is 0 Å². The molecule has 0 bridgehead atoms. The van der Waals surface area contributed by atoms with E-state index in [1.165, 1.54) is 18.2 Å².